The second-order valence-electron chi connectivity index (χ2n) is 13.7. The molecule has 3 aromatic heterocycles. The van der Waals surface area contributed by atoms with E-state index in [4.69, 9.17) is 28.9 Å². The molecule has 0 spiro atoms. The van der Waals surface area contributed by atoms with Crippen molar-refractivity contribution in [3.63, 3.8) is 0 Å². The Labute approximate surface area is 313 Å². The number of esters is 4. The summed E-state index contributed by atoms with van der Waals surface area (Å²) in [4.78, 5) is 69.0. The molecule has 6 rings (SSSR count). The summed E-state index contributed by atoms with van der Waals surface area (Å²) in [6.07, 6.45) is 6.25. The van der Waals surface area contributed by atoms with E-state index in [0.29, 0.717) is 46.7 Å². The number of H-pyrrole nitrogens is 2. The molecule has 54 heavy (non-hydrogen) atoms. The Balaban J connectivity index is 1.76. The van der Waals surface area contributed by atoms with Crippen molar-refractivity contribution >= 4 is 68.7 Å². The van der Waals surface area contributed by atoms with Crippen molar-refractivity contribution in [3.05, 3.63) is 93.6 Å². The number of carbonyl (C=O) groups is 4. The number of nitrogens with zero attached hydrogens (tertiary/aromatic N) is 2. The predicted octanol–water partition coefficient (Wildman–Crippen LogP) is 6.81. The van der Waals surface area contributed by atoms with E-state index < -0.39 is 23.3 Å². The van der Waals surface area contributed by atoms with Crippen LogP contribution in [0.25, 0.3) is 44.9 Å². The van der Waals surface area contributed by atoms with Gasteiger partial charge in [-0.1, -0.05) is 24.8 Å². The molecule has 0 saturated heterocycles. The van der Waals surface area contributed by atoms with E-state index in [9.17, 15) is 19.2 Å². The van der Waals surface area contributed by atoms with Crippen LogP contribution in [0.1, 0.15) is 78.1 Å². The third-order valence-electron chi connectivity index (χ3n) is 10.9. The van der Waals surface area contributed by atoms with Gasteiger partial charge in [0.1, 0.15) is 5.92 Å². The zero-order chi connectivity index (χ0) is 39.1. The van der Waals surface area contributed by atoms with Gasteiger partial charge in [0.2, 0.25) is 0 Å². The maximum absolute atomic E-state index is 13.7. The van der Waals surface area contributed by atoms with Crippen LogP contribution >= 0.6 is 0 Å². The fraction of sp³-hybridized carbons (Fsp3) is 0.333. The van der Waals surface area contributed by atoms with Crippen LogP contribution in [0.5, 0.6) is 0 Å². The highest BCUT2D eigenvalue weighted by molar-refractivity contribution is 6.02. The molecule has 0 amide bonds. The van der Waals surface area contributed by atoms with Crippen LogP contribution < -0.4 is 0 Å². The normalized spacial score (nSPS) is 17.6. The van der Waals surface area contributed by atoms with Crippen LogP contribution in [0.3, 0.4) is 0 Å². The molecule has 2 atom stereocenters. The first-order chi connectivity index (χ1) is 25.8. The van der Waals surface area contributed by atoms with Crippen LogP contribution in [-0.2, 0) is 50.0 Å². The first kappa shape index (κ1) is 37.7. The molecule has 1 aliphatic carbocycles. The summed E-state index contributed by atoms with van der Waals surface area (Å²) < 4.78 is 20.4. The molecule has 8 bridgehead atoms. The molecule has 5 heterocycles. The Hall–Kier alpha value is -6.04. The minimum absolute atomic E-state index is 0.131. The Bertz CT molecular complexity index is 2390. The summed E-state index contributed by atoms with van der Waals surface area (Å²) in [5, 5.41) is 0. The van der Waals surface area contributed by atoms with E-state index in [2.05, 4.69) is 16.5 Å². The number of rotatable bonds is 9. The number of allylic oxidation sites excluding steroid dienone is 5. The third kappa shape index (κ3) is 6.35. The molecule has 280 valence electrons. The van der Waals surface area contributed by atoms with Crippen molar-refractivity contribution in [3.8, 4) is 0 Å². The highest BCUT2D eigenvalue weighted by Crippen LogP contribution is 2.52. The summed E-state index contributed by atoms with van der Waals surface area (Å²) >= 11 is 0. The van der Waals surface area contributed by atoms with Crippen molar-refractivity contribution in [1.29, 1.82) is 0 Å². The largest absolute Gasteiger partial charge is 0.469 e. The van der Waals surface area contributed by atoms with Gasteiger partial charge in [0, 0.05) is 40.5 Å². The molecule has 0 fully saturated rings. The molecule has 0 saturated carbocycles. The lowest BCUT2D eigenvalue weighted by atomic mass is 9.64. The first-order valence-electron chi connectivity index (χ1n) is 17.6. The number of methoxy groups -OCH3 is 4. The van der Waals surface area contributed by atoms with Crippen molar-refractivity contribution in [2.75, 3.05) is 28.4 Å². The minimum atomic E-state index is -1.16. The number of carbonyl (C=O) groups excluding carboxylic acids is 4. The molecule has 0 unspecified atom stereocenters. The number of fused-ring (bicyclic) bond motifs is 11. The molecule has 12 nitrogen and oxygen atoms in total. The van der Waals surface area contributed by atoms with Gasteiger partial charge in [-0.05, 0) is 98.2 Å². The number of ether oxygens (including phenoxy) is 4. The van der Waals surface area contributed by atoms with Gasteiger partial charge < -0.3 is 28.9 Å². The topological polar surface area (TPSA) is 163 Å². The van der Waals surface area contributed by atoms with Gasteiger partial charge in [0.25, 0.3) is 0 Å². The number of aryl methyl sites for hydroxylation is 3. The smallest absolute Gasteiger partial charge is 0.334 e. The summed E-state index contributed by atoms with van der Waals surface area (Å²) in [6, 6.07) is 7.72. The lowest BCUT2D eigenvalue weighted by molar-refractivity contribution is -0.149. The van der Waals surface area contributed by atoms with Gasteiger partial charge in [-0.15, -0.1) is 0 Å². The average molecular weight is 733 g/mol. The SMILES string of the molecule is C=Cc1c(C)c2cc3nc(cc4[nH]c(cc5nc(cc1[nH]2)C(C)=C5CCC(=O)OC)c(CCC(=O)OC)c4C)[C@@]1(C)C3=CC=C(C(=O)OC)[C@@H]1C(=O)OC. The van der Waals surface area contributed by atoms with Crippen molar-refractivity contribution in [2.45, 2.75) is 58.8 Å². The van der Waals surface area contributed by atoms with E-state index in [1.807, 2.05) is 58.0 Å². The van der Waals surface area contributed by atoms with E-state index >= 15 is 0 Å². The number of aromatic nitrogens is 4. The molecular weight excluding hydrogens is 688 g/mol. The summed E-state index contributed by atoms with van der Waals surface area (Å²) in [6.45, 7) is 11.9. The average Bonchev–Trinajstić information content (AvgIpc) is 3.82. The predicted molar refractivity (Wildman–Crippen MR) is 206 cm³/mol. The van der Waals surface area contributed by atoms with Gasteiger partial charge in [0.05, 0.1) is 62.2 Å². The molecule has 0 aromatic carbocycles. The zero-order valence-electron chi connectivity index (χ0n) is 31.8. The van der Waals surface area contributed by atoms with Crippen LogP contribution in [-0.4, -0.2) is 72.3 Å². The second kappa shape index (κ2) is 14.8. The van der Waals surface area contributed by atoms with Crippen LogP contribution in [0.15, 0.2) is 48.6 Å². The van der Waals surface area contributed by atoms with Crippen molar-refractivity contribution < 1.29 is 38.1 Å². The quantitative estimate of drug-likeness (QED) is 0.177. The highest BCUT2D eigenvalue weighted by atomic mass is 16.5. The number of hydrogen-bond acceptors (Lipinski definition) is 10. The standard InChI is InChI=1S/C42H44N4O8/c1-10-24-21(2)30-18-35-28-14-11-27(40(49)53-8)39(41(50)54-9)42(28,5)36(46-35)20-31-23(4)26(13-16-38(48)52-7)34(45-31)19-33-25(12-15-37(47)51-6)22(3)29(44-33)17-32(24)43-30/h10-11,14,17-20,39,43,45H,1,12-13,15-16H2,2-9H3/t39-,42-/m1/s1. The molecule has 12 heteroatoms. The Morgan fingerprint density at radius 1 is 0.759 bits per heavy atom. The van der Waals surface area contributed by atoms with E-state index in [1.54, 1.807) is 12.2 Å². The monoisotopic (exact) mass is 732 g/mol. The van der Waals surface area contributed by atoms with Gasteiger partial charge in [-0.3, -0.25) is 19.4 Å². The van der Waals surface area contributed by atoms with E-state index in [-0.39, 0.29) is 30.4 Å². The van der Waals surface area contributed by atoms with Crippen molar-refractivity contribution in [1.82, 2.24) is 19.9 Å². The Kier molecular flexibility index (Phi) is 10.3. The molecule has 2 N–H and O–H groups in total. The summed E-state index contributed by atoms with van der Waals surface area (Å²) in [7, 11) is 5.28. The van der Waals surface area contributed by atoms with Gasteiger partial charge in [0.15, 0.2) is 0 Å². The van der Waals surface area contributed by atoms with Gasteiger partial charge in [-0.2, -0.15) is 0 Å². The van der Waals surface area contributed by atoms with Crippen LogP contribution in [0.4, 0.5) is 0 Å². The summed E-state index contributed by atoms with van der Waals surface area (Å²) in [5.41, 5.74) is 10.4. The third-order valence-corrected chi connectivity index (χ3v) is 10.9. The molecule has 3 aromatic rings. The lowest BCUT2D eigenvalue weighted by Gasteiger charge is -2.36. The molecule has 2 aliphatic heterocycles. The highest BCUT2D eigenvalue weighted by Gasteiger charge is 2.53. The number of aromatic amines is 2. The van der Waals surface area contributed by atoms with Gasteiger partial charge in [-0.25, -0.2) is 9.78 Å². The van der Waals surface area contributed by atoms with E-state index in [1.165, 1.54) is 28.4 Å². The Morgan fingerprint density at radius 2 is 1.39 bits per heavy atom. The summed E-state index contributed by atoms with van der Waals surface area (Å²) in [5.74, 6) is -3.03. The minimum Gasteiger partial charge on any atom is -0.469 e. The molecule has 0 radical (unpaired) electrons. The molecule has 3 aliphatic rings. The van der Waals surface area contributed by atoms with Crippen LogP contribution in [0.2, 0.25) is 0 Å². The fourth-order valence-electron chi connectivity index (χ4n) is 7.78. The fourth-order valence-corrected chi connectivity index (χ4v) is 7.78. The van der Waals surface area contributed by atoms with Gasteiger partial charge >= 0.3 is 23.9 Å². The first-order valence-corrected chi connectivity index (χ1v) is 17.6. The maximum atomic E-state index is 13.7. The number of nitrogens with one attached hydrogen (secondary N) is 2. The maximum Gasteiger partial charge on any atom is 0.334 e. The van der Waals surface area contributed by atoms with E-state index in [0.717, 1.165) is 50.0 Å². The second-order valence-corrected chi connectivity index (χ2v) is 13.7. The Morgan fingerprint density at radius 3 is 2.04 bits per heavy atom. The number of hydrogen-bond donors (Lipinski definition) is 2. The lowest BCUT2D eigenvalue weighted by Crippen LogP contribution is -2.42. The van der Waals surface area contributed by atoms with Crippen molar-refractivity contribution in [2.24, 2.45) is 5.92 Å². The van der Waals surface area contributed by atoms with Crippen LogP contribution in [0, 0.1) is 19.8 Å². The zero-order valence-corrected chi connectivity index (χ0v) is 31.8. The molecular formula is C42H44N4O8.